The molecule has 0 spiro atoms. The Bertz CT molecular complexity index is 1020. The second-order valence-corrected chi connectivity index (χ2v) is 8.18. The Morgan fingerprint density at radius 3 is 2.13 bits per heavy atom. The number of hydrogen-bond donors (Lipinski definition) is 0. The topological polar surface area (TPSA) is 85.7 Å². The van der Waals surface area contributed by atoms with Crippen LogP contribution >= 0.6 is 0 Å². The van der Waals surface area contributed by atoms with Crippen molar-refractivity contribution in [2.45, 2.75) is 53.6 Å². The largest absolute Gasteiger partial charge is 0.456 e. The number of esters is 1. The monoisotopic (exact) mass is 424 g/mol. The predicted molar refractivity (Wildman–Crippen MR) is 115 cm³/mol. The number of ether oxygens (including phenoxy) is 1. The van der Waals surface area contributed by atoms with E-state index in [0.717, 1.165) is 29.3 Å². The number of aryl methyl sites for hydroxylation is 1. The highest BCUT2D eigenvalue weighted by atomic mass is 16.5. The molecule has 2 aromatic rings. The summed E-state index contributed by atoms with van der Waals surface area (Å²) >= 11 is 0. The van der Waals surface area contributed by atoms with E-state index in [9.17, 15) is 19.2 Å². The molecule has 1 aromatic heterocycles. The number of carbonyl (C=O) groups is 4. The van der Waals surface area contributed by atoms with Crippen molar-refractivity contribution in [1.82, 2.24) is 9.47 Å². The molecule has 7 nitrogen and oxygen atoms in total. The van der Waals surface area contributed by atoms with Gasteiger partial charge in [0.15, 0.2) is 6.61 Å². The third-order valence-corrected chi connectivity index (χ3v) is 5.64. The van der Waals surface area contributed by atoms with Gasteiger partial charge in [0.2, 0.25) is 5.78 Å². The molecule has 31 heavy (non-hydrogen) atoms. The molecule has 1 aliphatic heterocycles. The number of amides is 2. The number of carbonyl (C=O) groups excluding carboxylic acids is 4. The molecule has 0 saturated carbocycles. The van der Waals surface area contributed by atoms with Crippen LogP contribution in [0.5, 0.6) is 0 Å². The van der Waals surface area contributed by atoms with Crippen LogP contribution in [-0.2, 0) is 16.1 Å². The fourth-order valence-electron chi connectivity index (χ4n) is 4.09. The summed E-state index contributed by atoms with van der Waals surface area (Å²) in [6, 6.07) is 7.16. The molecule has 2 heterocycles. The van der Waals surface area contributed by atoms with Crippen LogP contribution in [0.15, 0.2) is 30.3 Å². The Balaban J connectivity index is 1.76. The molecule has 2 amide bonds. The molecule has 0 bridgehead atoms. The average Bonchev–Trinajstić information content (AvgIpc) is 3.15. The zero-order chi connectivity index (χ0) is 22.9. The molecule has 1 aliphatic rings. The SMILES string of the molecule is CCCn1c(C)cc(C(=O)COC(=O)[C@@H](C(C)C)N2C(=O)c3ccccc3C2=O)c1C. The number of ketones is 1. The lowest BCUT2D eigenvalue weighted by Crippen LogP contribution is -2.49. The molecule has 1 atom stereocenters. The molecular formula is C24H28N2O5. The zero-order valence-electron chi connectivity index (χ0n) is 18.6. The van der Waals surface area contributed by atoms with Crippen LogP contribution in [-0.4, -0.2) is 45.7 Å². The van der Waals surface area contributed by atoms with Gasteiger partial charge in [-0.05, 0) is 44.4 Å². The van der Waals surface area contributed by atoms with Gasteiger partial charge < -0.3 is 9.30 Å². The van der Waals surface area contributed by atoms with E-state index in [1.54, 1.807) is 44.2 Å². The molecule has 0 fully saturated rings. The number of aromatic nitrogens is 1. The second kappa shape index (κ2) is 8.88. The third kappa shape index (κ3) is 4.04. The molecule has 1 aromatic carbocycles. The van der Waals surface area contributed by atoms with Crippen LogP contribution in [0.1, 0.15) is 69.7 Å². The lowest BCUT2D eigenvalue weighted by molar-refractivity contribution is -0.148. The van der Waals surface area contributed by atoms with Crippen molar-refractivity contribution in [3.05, 3.63) is 58.4 Å². The van der Waals surface area contributed by atoms with E-state index in [4.69, 9.17) is 4.74 Å². The summed E-state index contributed by atoms with van der Waals surface area (Å²) < 4.78 is 7.37. The highest BCUT2D eigenvalue weighted by Gasteiger charge is 2.44. The maximum Gasteiger partial charge on any atom is 0.330 e. The standard InChI is InChI=1S/C24H28N2O5/c1-6-11-25-15(4)12-19(16(25)5)20(27)13-31-24(30)21(14(2)3)26-22(28)17-9-7-8-10-18(17)23(26)29/h7-10,12,14,21H,6,11,13H2,1-5H3/t21-/m1/s1. The van der Waals surface area contributed by atoms with E-state index in [1.807, 2.05) is 13.8 Å². The summed E-state index contributed by atoms with van der Waals surface area (Å²) in [5, 5.41) is 0. The van der Waals surface area contributed by atoms with Gasteiger partial charge in [-0.25, -0.2) is 4.79 Å². The predicted octanol–water partition coefficient (Wildman–Crippen LogP) is 3.56. The van der Waals surface area contributed by atoms with Crippen molar-refractivity contribution in [3.8, 4) is 0 Å². The van der Waals surface area contributed by atoms with Gasteiger partial charge in [0.25, 0.3) is 11.8 Å². The summed E-state index contributed by atoms with van der Waals surface area (Å²) in [7, 11) is 0. The Hall–Kier alpha value is -3.22. The summed E-state index contributed by atoms with van der Waals surface area (Å²) in [6.07, 6.45) is 0.940. The van der Waals surface area contributed by atoms with Gasteiger partial charge in [0.05, 0.1) is 11.1 Å². The van der Waals surface area contributed by atoms with E-state index >= 15 is 0 Å². The number of Topliss-reactive ketones (excluding diaryl/α,β-unsaturated/α-hetero) is 1. The normalized spacial score (nSPS) is 14.2. The number of imide groups is 1. The number of rotatable bonds is 8. The van der Waals surface area contributed by atoms with Crippen molar-refractivity contribution < 1.29 is 23.9 Å². The molecule has 164 valence electrons. The molecule has 0 aliphatic carbocycles. The minimum atomic E-state index is -1.10. The van der Waals surface area contributed by atoms with E-state index in [2.05, 4.69) is 11.5 Å². The molecule has 0 unspecified atom stereocenters. The first kappa shape index (κ1) is 22.5. The van der Waals surface area contributed by atoms with Crippen molar-refractivity contribution >= 4 is 23.6 Å². The van der Waals surface area contributed by atoms with Crippen molar-refractivity contribution in [1.29, 1.82) is 0 Å². The Morgan fingerprint density at radius 1 is 1.03 bits per heavy atom. The van der Waals surface area contributed by atoms with Crippen molar-refractivity contribution in [2.24, 2.45) is 5.92 Å². The maximum absolute atomic E-state index is 12.9. The van der Waals surface area contributed by atoms with Crippen LogP contribution < -0.4 is 0 Å². The fraction of sp³-hybridized carbons (Fsp3) is 0.417. The lowest BCUT2D eigenvalue weighted by Gasteiger charge is -2.27. The second-order valence-electron chi connectivity index (χ2n) is 8.18. The molecule has 7 heteroatoms. The van der Waals surface area contributed by atoms with Crippen molar-refractivity contribution in [3.63, 3.8) is 0 Å². The third-order valence-electron chi connectivity index (χ3n) is 5.64. The summed E-state index contributed by atoms with van der Waals surface area (Å²) in [5.41, 5.74) is 2.86. The summed E-state index contributed by atoms with van der Waals surface area (Å²) in [5.74, 6) is -2.50. The molecule has 3 rings (SSSR count). The minimum absolute atomic E-state index is 0.269. The van der Waals surface area contributed by atoms with Crippen LogP contribution in [0.25, 0.3) is 0 Å². The first-order valence-corrected chi connectivity index (χ1v) is 10.5. The van der Waals surface area contributed by atoms with E-state index in [1.165, 1.54) is 0 Å². The van der Waals surface area contributed by atoms with E-state index in [0.29, 0.717) is 5.56 Å². The van der Waals surface area contributed by atoms with Gasteiger partial charge in [0.1, 0.15) is 6.04 Å². The molecule has 0 radical (unpaired) electrons. The number of nitrogens with zero attached hydrogens (tertiary/aromatic N) is 2. The van der Waals surface area contributed by atoms with E-state index < -0.39 is 30.4 Å². The maximum atomic E-state index is 12.9. The van der Waals surface area contributed by atoms with Crippen LogP contribution in [0.4, 0.5) is 0 Å². The van der Waals surface area contributed by atoms with Gasteiger partial charge in [0, 0.05) is 23.5 Å². The Labute approximate surface area is 182 Å². The zero-order valence-corrected chi connectivity index (χ0v) is 18.6. The molecular weight excluding hydrogens is 396 g/mol. The average molecular weight is 424 g/mol. The lowest BCUT2D eigenvalue weighted by atomic mass is 10.0. The highest BCUT2D eigenvalue weighted by molar-refractivity contribution is 6.22. The quantitative estimate of drug-likeness (QED) is 0.367. The van der Waals surface area contributed by atoms with Gasteiger partial charge in [-0.1, -0.05) is 32.9 Å². The van der Waals surface area contributed by atoms with Gasteiger partial charge in [-0.3, -0.25) is 19.3 Å². The molecule has 0 saturated heterocycles. The summed E-state index contributed by atoms with van der Waals surface area (Å²) in [4.78, 5) is 52.1. The van der Waals surface area contributed by atoms with Crippen molar-refractivity contribution in [2.75, 3.05) is 6.61 Å². The van der Waals surface area contributed by atoms with E-state index in [-0.39, 0.29) is 22.8 Å². The van der Waals surface area contributed by atoms with Gasteiger partial charge in [-0.15, -0.1) is 0 Å². The summed E-state index contributed by atoms with van der Waals surface area (Å²) in [6.45, 7) is 9.69. The first-order chi connectivity index (χ1) is 14.7. The van der Waals surface area contributed by atoms with Gasteiger partial charge in [-0.2, -0.15) is 0 Å². The minimum Gasteiger partial charge on any atom is -0.456 e. The smallest absolute Gasteiger partial charge is 0.330 e. The molecule has 0 N–H and O–H groups in total. The highest BCUT2D eigenvalue weighted by Crippen LogP contribution is 2.27. The first-order valence-electron chi connectivity index (χ1n) is 10.5. The number of fused-ring (bicyclic) bond motifs is 1. The van der Waals surface area contributed by atoms with Gasteiger partial charge >= 0.3 is 5.97 Å². The number of benzene rings is 1. The Kier molecular flexibility index (Phi) is 6.43. The van der Waals surface area contributed by atoms with Crippen LogP contribution in [0.3, 0.4) is 0 Å². The van der Waals surface area contributed by atoms with Crippen LogP contribution in [0, 0.1) is 19.8 Å². The Morgan fingerprint density at radius 2 is 1.61 bits per heavy atom. The van der Waals surface area contributed by atoms with Crippen LogP contribution in [0.2, 0.25) is 0 Å². The number of hydrogen-bond acceptors (Lipinski definition) is 5. The fourth-order valence-corrected chi connectivity index (χ4v) is 4.09.